The minimum Gasteiger partial charge on any atom is -0.494 e. The fourth-order valence-electron chi connectivity index (χ4n) is 4.18. The second kappa shape index (κ2) is 11.4. The molecule has 5 aromatic rings. The van der Waals surface area contributed by atoms with Crippen LogP contribution in [0, 0.1) is 5.82 Å². The van der Waals surface area contributed by atoms with Gasteiger partial charge >= 0.3 is 0 Å². The molecule has 2 heterocycles. The molecule has 0 unspecified atom stereocenters. The first-order chi connectivity index (χ1) is 19.4. The molecule has 0 aliphatic carbocycles. The molecule has 0 saturated carbocycles. The van der Waals surface area contributed by atoms with E-state index in [-0.39, 0.29) is 17.2 Å². The molecule has 0 aliphatic heterocycles. The lowest BCUT2D eigenvalue weighted by atomic mass is 10.2. The highest BCUT2D eigenvalue weighted by Gasteiger charge is 2.15. The first-order valence-corrected chi connectivity index (χ1v) is 12.4. The molecule has 5 rings (SSSR count). The number of hydrogen-bond donors (Lipinski definition) is 2. The van der Waals surface area contributed by atoms with Crippen LogP contribution in [0.4, 0.5) is 10.1 Å². The number of halogens is 1. The van der Waals surface area contributed by atoms with Gasteiger partial charge in [0.15, 0.2) is 16.6 Å². The fraction of sp³-hybridized carbons (Fsp3) is 0.143. The topological polar surface area (TPSA) is 109 Å². The minimum absolute atomic E-state index is 0.0371. The third kappa shape index (κ3) is 5.43. The Morgan fingerprint density at radius 3 is 2.52 bits per heavy atom. The zero-order valence-corrected chi connectivity index (χ0v) is 22.5. The molecular formula is C28H24FN5O5S. The maximum atomic E-state index is 14.2. The van der Waals surface area contributed by atoms with Gasteiger partial charge in [-0.15, -0.1) is 0 Å². The van der Waals surface area contributed by atoms with Gasteiger partial charge in [-0.25, -0.2) is 4.39 Å². The summed E-state index contributed by atoms with van der Waals surface area (Å²) in [7, 11) is 4.62. The van der Waals surface area contributed by atoms with Crippen LogP contribution in [0.5, 0.6) is 28.7 Å². The van der Waals surface area contributed by atoms with Gasteiger partial charge in [-0.2, -0.15) is 5.10 Å². The molecule has 0 spiro atoms. The predicted molar refractivity (Wildman–Crippen MR) is 152 cm³/mol. The van der Waals surface area contributed by atoms with E-state index in [0.29, 0.717) is 45.3 Å². The Kier molecular flexibility index (Phi) is 7.60. The smallest absolute Gasteiger partial charge is 0.247 e. The summed E-state index contributed by atoms with van der Waals surface area (Å²) in [6, 6.07) is 15.0. The molecule has 10 nitrogen and oxygen atoms in total. The van der Waals surface area contributed by atoms with Crippen molar-refractivity contribution in [2.75, 3.05) is 26.6 Å². The number of rotatable bonds is 8. The summed E-state index contributed by atoms with van der Waals surface area (Å²) < 4.78 is 37.9. The Balaban J connectivity index is 1.29. The lowest BCUT2D eigenvalue weighted by Crippen LogP contribution is -2.36. The molecule has 0 aliphatic rings. The zero-order valence-electron chi connectivity index (χ0n) is 21.7. The van der Waals surface area contributed by atoms with E-state index >= 15 is 0 Å². The van der Waals surface area contributed by atoms with E-state index in [1.54, 1.807) is 68.9 Å². The van der Waals surface area contributed by atoms with E-state index in [2.05, 4.69) is 20.7 Å². The van der Waals surface area contributed by atoms with Crippen molar-refractivity contribution in [2.24, 2.45) is 0 Å². The number of amides is 1. The number of anilines is 1. The Hall–Kier alpha value is -4.97. The number of benzene rings is 3. The number of methoxy groups -OCH3 is 3. The summed E-state index contributed by atoms with van der Waals surface area (Å²) in [5.74, 6) is 1.64. The molecule has 0 bridgehead atoms. The van der Waals surface area contributed by atoms with E-state index in [4.69, 9.17) is 31.2 Å². The van der Waals surface area contributed by atoms with Crippen molar-refractivity contribution >= 4 is 50.7 Å². The van der Waals surface area contributed by atoms with E-state index in [1.165, 1.54) is 24.1 Å². The fourth-order valence-corrected chi connectivity index (χ4v) is 4.40. The number of hydrogen-bond acceptors (Lipinski definition) is 8. The van der Waals surface area contributed by atoms with Gasteiger partial charge in [-0.3, -0.25) is 14.5 Å². The summed E-state index contributed by atoms with van der Waals surface area (Å²) >= 11 is 5.31. The summed E-state index contributed by atoms with van der Waals surface area (Å²) in [6.45, 7) is -0.216. The van der Waals surface area contributed by atoms with Crippen molar-refractivity contribution in [3.8, 4) is 28.7 Å². The van der Waals surface area contributed by atoms with Crippen LogP contribution in [0.2, 0.25) is 0 Å². The number of para-hydroxylation sites is 1. The number of thiocarbonyl (C=S) groups is 1. The second-order valence-electron chi connectivity index (χ2n) is 8.48. The van der Waals surface area contributed by atoms with E-state index < -0.39 is 11.7 Å². The van der Waals surface area contributed by atoms with Crippen LogP contribution in [-0.2, 0) is 11.3 Å². The highest BCUT2D eigenvalue weighted by atomic mass is 32.1. The summed E-state index contributed by atoms with van der Waals surface area (Å²) in [4.78, 5) is 17.0. The van der Waals surface area contributed by atoms with Crippen molar-refractivity contribution in [3.63, 3.8) is 0 Å². The summed E-state index contributed by atoms with van der Waals surface area (Å²) in [6.07, 6.45) is 3.14. The molecule has 2 aromatic heterocycles. The lowest BCUT2D eigenvalue weighted by Gasteiger charge is -2.15. The molecule has 0 fully saturated rings. The molecular weight excluding hydrogens is 537 g/mol. The molecule has 0 radical (unpaired) electrons. The highest BCUT2D eigenvalue weighted by molar-refractivity contribution is 7.80. The third-order valence-corrected chi connectivity index (χ3v) is 6.22. The van der Waals surface area contributed by atoms with Gasteiger partial charge in [-0.1, -0.05) is 12.1 Å². The third-order valence-electron chi connectivity index (χ3n) is 6.01. The lowest BCUT2D eigenvalue weighted by molar-refractivity contribution is -0.120. The molecule has 40 heavy (non-hydrogen) atoms. The van der Waals surface area contributed by atoms with Crippen molar-refractivity contribution < 1.29 is 28.1 Å². The maximum Gasteiger partial charge on any atom is 0.247 e. The number of pyridine rings is 1. The van der Waals surface area contributed by atoms with Gasteiger partial charge in [0.1, 0.15) is 35.1 Å². The standard InChI is InChI=1S/C28H24FN5O5S/c1-36-23-11-17(39-22-9-10-30-21-13-25(38-3)24(37-2)12-18(21)22)7-8-20(23)32-28(40)33-26(35)15-34-27-16(14-31-34)5-4-6-19(27)29/h4-14H,15H2,1-3H3,(H2,32,33,35,40). The molecule has 0 atom stereocenters. The number of aromatic nitrogens is 3. The first-order valence-electron chi connectivity index (χ1n) is 12.0. The maximum absolute atomic E-state index is 14.2. The average Bonchev–Trinajstić information content (AvgIpc) is 3.36. The number of carbonyl (C=O) groups is 1. The molecule has 1 amide bonds. The highest BCUT2D eigenvalue weighted by Crippen LogP contribution is 2.38. The van der Waals surface area contributed by atoms with Crippen LogP contribution in [-0.4, -0.2) is 47.1 Å². The number of carbonyl (C=O) groups excluding carboxylic acids is 1. The quantitative estimate of drug-likeness (QED) is 0.252. The Bertz CT molecular complexity index is 1740. The molecule has 0 saturated heterocycles. The van der Waals surface area contributed by atoms with Crippen LogP contribution in [0.15, 0.2) is 67.0 Å². The average molecular weight is 562 g/mol. The van der Waals surface area contributed by atoms with Crippen molar-refractivity contribution in [1.82, 2.24) is 20.1 Å². The molecule has 12 heteroatoms. The van der Waals surface area contributed by atoms with Gasteiger partial charge < -0.3 is 29.6 Å². The number of ether oxygens (including phenoxy) is 4. The van der Waals surface area contributed by atoms with Crippen LogP contribution in [0.25, 0.3) is 21.8 Å². The number of nitrogens with one attached hydrogen (secondary N) is 2. The van der Waals surface area contributed by atoms with Crippen LogP contribution >= 0.6 is 12.2 Å². The van der Waals surface area contributed by atoms with Gasteiger partial charge in [0.25, 0.3) is 0 Å². The molecule has 3 aromatic carbocycles. The Morgan fingerprint density at radius 2 is 1.75 bits per heavy atom. The Morgan fingerprint density at radius 1 is 0.975 bits per heavy atom. The second-order valence-corrected chi connectivity index (χ2v) is 8.89. The summed E-state index contributed by atoms with van der Waals surface area (Å²) in [5, 5.41) is 11.0. The first kappa shape index (κ1) is 26.6. The SMILES string of the molecule is COc1cc(Oc2ccnc3cc(OC)c(OC)cc23)ccc1NC(=S)NC(=O)Cn1ncc2cccc(F)c21. The van der Waals surface area contributed by atoms with Gasteiger partial charge in [0.05, 0.1) is 38.7 Å². The van der Waals surface area contributed by atoms with Gasteiger partial charge in [-0.05, 0) is 42.5 Å². The van der Waals surface area contributed by atoms with E-state index in [1.807, 2.05) is 0 Å². The largest absolute Gasteiger partial charge is 0.494 e. The minimum atomic E-state index is -0.471. The van der Waals surface area contributed by atoms with Crippen molar-refractivity contribution in [1.29, 1.82) is 0 Å². The predicted octanol–water partition coefficient (Wildman–Crippen LogP) is 5.05. The van der Waals surface area contributed by atoms with Gasteiger partial charge in [0, 0.05) is 29.1 Å². The monoisotopic (exact) mass is 561 g/mol. The number of fused-ring (bicyclic) bond motifs is 2. The zero-order chi connectivity index (χ0) is 28.2. The van der Waals surface area contributed by atoms with Gasteiger partial charge in [0.2, 0.25) is 5.91 Å². The van der Waals surface area contributed by atoms with Crippen LogP contribution in [0.1, 0.15) is 0 Å². The van der Waals surface area contributed by atoms with E-state index in [0.717, 1.165) is 5.39 Å². The normalized spacial score (nSPS) is 10.8. The van der Waals surface area contributed by atoms with Crippen molar-refractivity contribution in [3.05, 3.63) is 72.8 Å². The van der Waals surface area contributed by atoms with Crippen LogP contribution < -0.4 is 29.6 Å². The van der Waals surface area contributed by atoms with E-state index in [9.17, 15) is 9.18 Å². The molecule has 204 valence electrons. The Labute approximate surface area is 233 Å². The molecule has 2 N–H and O–H groups in total. The summed E-state index contributed by atoms with van der Waals surface area (Å²) in [5.41, 5.74) is 1.42. The van der Waals surface area contributed by atoms with Crippen molar-refractivity contribution in [2.45, 2.75) is 6.54 Å². The number of nitrogens with zero attached hydrogens (tertiary/aromatic N) is 3. The van der Waals surface area contributed by atoms with Crippen LogP contribution in [0.3, 0.4) is 0 Å².